The van der Waals surface area contributed by atoms with E-state index in [0.29, 0.717) is 60.5 Å². The molecule has 2 aliphatic heterocycles. The van der Waals surface area contributed by atoms with E-state index < -0.39 is 0 Å². The molecule has 2 aliphatic rings. The van der Waals surface area contributed by atoms with Crippen molar-refractivity contribution in [3.8, 4) is 11.4 Å². The number of nitrogens with one attached hydrogen (secondary N) is 1. The number of anilines is 1. The number of hydrogen-bond acceptors (Lipinski definition) is 9. The van der Waals surface area contributed by atoms with E-state index in [1.807, 2.05) is 43.3 Å². The van der Waals surface area contributed by atoms with Crippen LogP contribution in [-0.4, -0.2) is 93.9 Å². The maximum absolute atomic E-state index is 13.0. The molecule has 5 heterocycles. The maximum Gasteiger partial charge on any atom is 0.409 e. The van der Waals surface area contributed by atoms with Crippen LogP contribution in [0, 0.1) is 6.92 Å². The number of likely N-dealkylation sites (tertiary alicyclic amines) is 1. The van der Waals surface area contributed by atoms with Crippen molar-refractivity contribution in [3.63, 3.8) is 0 Å². The summed E-state index contributed by atoms with van der Waals surface area (Å²) < 4.78 is 18.0. The van der Waals surface area contributed by atoms with Crippen molar-refractivity contribution >= 4 is 23.3 Å². The Morgan fingerprint density at radius 3 is 2.85 bits per heavy atom. The van der Waals surface area contributed by atoms with Gasteiger partial charge >= 0.3 is 6.09 Å². The first-order valence-electron chi connectivity index (χ1n) is 12.9. The highest BCUT2D eigenvalue weighted by Crippen LogP contribution is 2.29. The molecule has 2 saturated heterocycles. The number of amides is 2. The van der Waals surface area contributed by atoms with E-state index in [1.165, 1.54) is 0 Å². The molecule has 2 fully saturated rings. The Bertz CT molecular complexity index is 1490. The molecular weight excluding hydrogens is 502 g/mol. The quantitative estimate of drug-likeness (QED) is 0.383. The van der Waals surface area contributed by atoms with Crippen LogP contribution >= 0.6 is 0 Å². The lowest BCUT2D eigenvalue weighted by Gasteiger charge is -2.36. The van der Waals surface area contributed by atoms with Crippen molar-refractivity contribution < 1.29 is 23.6 Å². The lowest BCUT2D eigenvalue weighted by Crippen LogP contribution is -2.49. The monoisotopic (exact) mass is 531 g/mol. The molecule has 39 heavy (non-hydrogen) atoms. The summed E-state index contributed by atoms with van der Waals surface area (Å²) >= 11 is 0. The largest absolute Gasteiger partial charge is 0.448 e. The van der Waals surface area contributed by atoms with Gasteiger partial charge in [0.25, 0.3) is 5.91 Å². The van der Waals surface area contributed by atoms with Gasteiger partial charge in [0.05, 0.1) is 25.3 Å². The summed E-state index contributed by atoms with van der Waals surface area (Å²) in [4.78, 5) is 38.0. The minimum absolute atomic E-state index is 0.0437. The fourth-order valence-corrected chi connectivity index (χ4v) is 4.66. The number of nitrogens with zero attached hydrogens (tertiary/aromatic N) is 6. The first-order valence-corrected chi connectivity index (χ1v) is 12.9. The topological polar surface area (TPSA) is 127 Å². The number of imidazole rings is 1. The van der Waals surface area contributed by atoms with Gasteiger partial charge in [-0.25, -0.2) is 9.78 Å². The Labute approximate surface area is 224 Å². The third kappa shape index (κ3) is 5.33. The smallest absolute Gasteiger partial charge is 0.409 e. The van der Waals surface area contributed by atoms with Crippen LogP contribution in [0.25, 0.3) is 17.0 Å². The van der Waals surface area contributed by atoms with Gasteiger partial charge in [-0.15, -0.1) is 0 Å². The van der Waals surface area contributed by atoms with E-state index in [4.69, 9.17) is 14.0 Å². The summed E-state index contributed by atoms with van der Waals surface area (Å²) in [6.45, 7) is 7.06. The first-order chi connectivity index (χ1) is 19.0. The van der Waals surface area contributed by atoms with Crippen LogP contribution in [0.4, 0.5) is 10.5 Å². The molecule has 12 nitrogen and oxygen atoms in total. The molecule has 0 saturated carbocycles. The number of ether oxygens (including phenoxy) is 2. The molecule has 0 radical (unpaired) electrons. The van der Waals surface area contributed by atoms with Crippen molar-refractivity contribution in [2.75, 3.05) is 57.9 Å². The number of pyridine rings is 1. The fraction of sp³-hybridized carbons (Fsp3) is 0.370. The molecule has 0 unspecified atom stereocenters. The third-order valence-corrected chi connectivity index (χ3v) is 7.06. The average molecular weight is 532 g/mol. The highest BCUT2D eigenvalue weighted by Gasteiger charge is 2.36. The predicted octanol–water partition coefficient (Wildman–Crippen LogP) is 2.81. The lowest BCUT2D eigenvalue weighted by atomic mass is 10.0. The van der Waals surface area contributed by atoms with Gasteiger partial charge < -0.3 is 24.2 Å². The minimum atomic E-state index is -0.330. The zero-order chi connectivity index (χ0) is 26.8. The molecule has 12 heteroatoms. The third-order valence-electron chi connectivity index (χ3n) is 7.06. The number of aromatic nitrogens is 4. The molecule has 0 bridgehead atoms. The molecule has 3 aromatic heterocycles. The lowest BCUT2D eigenvalue weighted by molar-refractivity contribution is 0.0201. The van der Waals surface area contributed by atoms with Gasteiger partial charge in [-0.05, 0) is 30.7 Å². The predicted molar refractivity (Wildman–Crippen MR) is 141 cm³/mol. The SMILES string of the molecule is Cc1ccc(-c2noc(C3CN(C(=O)OCCN4CCOCC4)C3)n2)cc1NC(=O)c1cnc2ccccn12. The highest BCUT2D eigenvalue weighted by molar-refractivity contribution is 6.04. The number of morpholine rings is 1. The summed E-state index contributed by atoms with van der Waals surface area (Å²) in [6.07, 6.45) is 3.02. The zero-order valence-electron chi connectivity index (χ0n) is 21.6. The van der Waals surface area contributed by atoms with Crippen molar-refractivity contribution in [1.82, 2.24) is 29.3 Å². The number of fused-ring (bicyclic) bond motifs is 1. The van der Waals surface area contributed by atoms with Gasteiger partial charge in [-0.3, -0.25) is 14.1 Å². The van der Waals surface area contributed by atoms with Crippen LogP contribution < -0.4 is 5.32 Å². The van der Waals surface area contributed by atoms with Crippen molar-refractivity contribution in [3.05, 3.63) is 65.9 Å². The summed E-state index contributed by atoms with van der Waals surface area (Å²) in [6, 6.07) is 11.2. The summed E-state index contributed by atoms with van der Waals surface area (Å²) in [5.41, 5.74) is 3.38. The van der Waals surface area contributed by atoms with Gasteiger partial charge in [-0.1, -0.05) is 23.4 Å². The van der Waals surface area contributed by atoms with Crippen molar-refractivity contribution in [2.24, 2.45) is 0 Å². The second-order valence-electron chi connectivity index (χ2n) is 9.68. The van der Waals surface area contributed by atoms with Crippen LogP contribution in [0.15, 0.2) is 53.3 Å². The standard InChI is InChI=1S/C27H29N7O5/c1-18-5-6-19(14-21(18)29-25(35)22-15-28-23-4-2-3-7-34(22)23)24-30-26(39-31-24)20-16-33(17-20)27(36)38-13-10-32-8-11-37-12-9-32/h2-7,14-15,20H,8-13,16-17H2,1H3,(H,29,35). The van der Waals surface area contributed by atoms with Crippen LogP contribution in [0.2, 0.25) is 0 Å². The minimum Gasteiger partial charge on any atom is -0.448 e. The molecule has 0 spiro atoms. The van der Waals surface area contributed by atoms with E-state index in [1.54, 1.807) is 21.7 Å². The van der Waals surface area contributed by atoms with Crippen molar-refractivity contribution in [2.45, 2.75) is 12.8 Å². The molecule has 6 rings (SSSR count). The number of hydrogen-bond donors (Lipinski definition) is 1. The zero-order valence-corrected chi connectivity index (χ0v) is 21.6. The summed E-state index contributed by atoms with van der Waals surface area (Å²) in [7, 11) is 0. The molecular formula is C27H29N7O5. The number of rotatable bonds is 7. The van der Waals surface area contributed by atoms with E-state index >= 15 is 0 Å². The molecule has 202 valence electrons. The number of aryl methyl sites for hydroxylation is 1. The number of carbonyl (C=O) groups excluding carboxylic acids is 2. The molecule has 0 aliphatic carbocycles. The Morgan fingerprint density at radius 1 is 1.15 bits per heavy atom. The van der Waals surface area contributed by atoms with Crippen LogP contribution in [0.3, 0.4) is 0 Å². The maximum atomic E-state index is 13.0. The number of benzene rings is 1. The summed E-state index contributed by atoms with van der Waals surface area (Å²) in [5.74, 6) is 0.577. The fourth-order valence-electron chi connectivity index (χ4n) is 4.66. The molecule has 0 atom stereocenters. The van der Waals surface area contributed by atoms with Gasteiger partial charge in [0.2, 0.25) is 11.7 Å². The Kier molecular flexibility index (Phi) is 6.95. The van der Waals surface area contributed by atoms with Crippen LogP contribution in [-0.2, 0) is 9.47 Å². The van der Waals surface area contributed by atoms with Crippen LogP contribution in [0.5, 0.6) is 0 Å². The van der Waals surface area contributed by atoms with E-state index in [0.717, 1.165) is 31.9 Å². The Balaban J connectivity index is 1.05. The van der Waals surface area contributed by atoms with E-state index in [2.05, 4.69) is 25.3 Å². The second kappa shape index (κ2) is 10.8. The second-order valence-corrected chi connectivity index (χ2v) is 9.68. The highest BCUT2D eigenvalue weighted by atomic mass is 16.6. The first kappa shape index (κ1) is 25.0. The van der Waals surface area contributed by atoms with Gasteiger partial charge in [0.15, 0.2) is 0 Å². The van der Waals surface area contributed by atoms with Crippen LogP contribution in [0.1, 0.15) is 27.9 Å². The number of carbonyl (C=O) groups is 2. The normalized spacial score (nSPS) is 16.3. The summed E-state index contributed by atoms with van der Waals surface area (Å²) in [5, 5.41) is 7.11. The van der Waals surface area contributed by atoms with E-state index in [9.17, 15) is 9.59 Å². The molecule has 2 amide bonds. The molecule has 4 aromatic rings. The average Bonchev–Trinajstić information content (AvgIpc) is 3.58. The molecule has 1 aromatic carbocycles. The van der Waals surface area contributed by atoms with Crippen molar-refractivity contribution in [1.29, 1.82) is 0 Å². The van der Waals surface area contributed by atoms with Gasteiger partial charge in [0.1, 0.15) is 17.9 Å². The van der Waals surface area contributed by atoms with E-state index in [-0.39, 0.29) is 17.9 Å². The Hall–Kier alpha value is -4.29. The Morgan fingerprint density at radius 2 is 2.00 bits per heavy atom. The van der Waals surface area contributed by atoms with Gasteiger partial charge in [-0.2, -0.15) is 4.98 Å². The van der Waals surface area contributed by atoms with Gasteiger partial charge in [0, 0.05) is 50.2 Å². The molecule has 1 N–H and O–H groups in total.